The highest BCUT2D eigenvalue weighted by Gasteiger charge is 2.26. The second-order valence-corrected chi connectivity index (χ2v) is 11.7. The van der Waals surface area contributed by atoms with Crippen LogP contribution < -0.4 is 11.1 Å². The van der Waals surface area contributed by atoms with Gasteiger partial charge in [0, 0.05) is 32.3 Å². The van der Waals surface area contributed by atoms with Crippen LogP contribution in [0.5, 0.6) is 0 Å². The van der Waals surface area contributed by atoms with Gasteiger partial charge in [-0.3, -0.25) is 18.4 Å². The molecule has 46 heavy (non-hydrogen) atoms. The summed E-state index contributed by atoms with van der Waals surface area (Å²) in [5.74, 6) is -2.96. The molecule has 216 valence electrons. The second-order valence-electron chi connectivity index (χ2n) is 11.7. The number of fused-ring (bicyclic) bond motifs is 10. The molecule has 11 rings (SSSR count). The van der Waals surface area contributed by atoms with Crippen molar-refractivity contribution < 1.29 is 17.6 Å². The zero-order chi connectivity index (χ0) is 30.9. The maximum Gasteiger partial charge on any atom is 0.264 e. The third-order valence-corrected chi connectivity index (χ3v) is 9.66. The lowest BCUT2D eigenvalue weighted by molar-refractivity contribution is 0.614. The molecule has 0 N–H and O–H groups in total. The normalized spacial score (nSPS) is 13.0. The van der Waals surface area contributed by atoms with Gasteiger partial charge in [0.05, 0.1) is 0 Å². The minimum absolute atomic E-state index is 0.153. The zero-order valence-corrected chi connectivity index (χ0v) is 23.0. The van der Waals surface area contributed by atoms with E-state index in [2.05, 4.69) is 9.97 Å². The molecule has 0 aliphatic carbocycles. The minimum Gasteiger partial charge on any atom is -0.268 e. The Bertz CT molecular complexity index is 3110. The van der Waals surface area contributed by atoms with E-state index in [0.717, 1.165) is 65.4 Å². The van der Waals surface area contributed by atoms with Crippen molar-refractivity contribution in [1.29, 1.82) is 0 Å². The van der Waals surface area contributed by atoms with Crippen LogP contribution in [0.1, 0.15) is 0 Å². The van der Waals surface area contributed by atoms with Crippen LogP contribution in [-0.2, 0) is 0 Å². The molecule has 11 aromatic rings. The first-order chi connectivity index (χ1) is 22.3. The van der Waals surface area contributed by atoms with Crippen molar-refractivity contribution in [2.75, 3.05) is 0 Å². The number of pyridine rings is 2. The lowest BCUT2D eigenvalue weighted by atomic mass is 9.86. The molecule has 0 saturated carbocycles. The molecule has 0 radical (unpaired) electrons. The first-order valence-electron chi connectivity index (χ1n) is 14.4. The maximum atomic E-state index is 15.0. The fourth-order valence-corrected chi connectivity index (χ4v) is 7.84. The van der Waals surface area contributed by atoms with E-state index in [1.807, 2.05) is 24.3 Å². The summed E-state index contributed by atoms with van der Waals surface area (Å²) in [6, 6.07) is 18.3. The van der Waals surface area contributed by atoms with Crippen LogP contribution in [0.2, 0.25) is 0 Å². The highest BCUT2D eigenvalue weighted by Crippen LogP contribution is 2.46. The van der Waals surface area contributed by atoms with E-state index in [-0.39, 0.29) is 33.4 Å². The molecule has 0 saturated heterocycles. The number of imidazole rings is 2. The van der Waals surface area contributed by atoms with Gasteiger partial charge in [0.15, 0.2) is 11.6 Å². The third-order valence-electron chi connectivity index (χ3n) is 9.66. The van der Waals surface area contributed by atoms with Crippen molar-refractivity contribution >= 4 is 98.0 Å². The molecular weight excluding hydrogens is 596 g/mol. The SMILES string of the molecule is O=c1c2ccc3c4ccc5c(=O)n6c(nc7c(F)ccc(F)c76)c6ccc(c7ccc(c2c37)c2nc3c(F)ccc(F)c3n12)c4c56. The van der Waals surface area contributed by atoms with Crippen LogP contribution >= 0.6 is 0 Å². The molecule has 0 amide bonds. The third kappa shape index (κ3) is 2.48. The van der Waals surface area contributed by atoms with Gasteiger partial charge in [0.2, 0.25) is 0 Å². The van der Waals surface area contributed by atoms with Crippen molar-refractivity contribution in [1.82, 2.24) is 18.8 Å². The number of nitrogens with zero attached hydrogens (tertiary/aromatic N) is 4. The summed E-state index contributed by atoms with van der Waals surface area (Å²) < 4.78 is 61.8. The predicted molar refractivity (Wildman–Crippen MR) is 170 cm³/mol. The molecule has 0 spiro atoms. The van der Waals surface area contributed by atoms with Gasteiger partial charge in [-0.25, -0.2) is 27.5 Å². The van der Waals surface area contributed by atoms with Gasteiger partial charge in [0.25, 0.3) is 11.1 Å². The smallest absolute Gasteiger partial charge is 0.264 e. The first-order valence-corrected chi connectivity index (χ1v) is 14.4. The molecule has 6 nitrogen and oxygen atoms in total. The fourth-order valence-electron chi connectivity index (χ4n) is 7.84. The number of benzene rings is 7. The van der Waals surface area contributed by atoms with Gasteiger partial charge in [-0.05, 0) is 80.8 Å². The molecule has 0 atom stereocenters. The summed E-state index contributed by atoms with van der Waals surface area (Å²) in [7, 11) is 0. The molecule has 4 heterocycles. The van der Waals surface area contributed by atoms with E-state index in [9.17, 15) is 27.2 Å². The fraction of sp³-hybridized carbons (Fsp3) is 0. The van der Waals surface area contributed by atoms with Gasteiger partial charge >= 0.3 is 0 Å². The van der Waals surface area contributed by atoms with Crippen molar-refractivity contribution in [2.45, 2.75) is 0 Å². The molecule has 0 unspecified atom stereocenters. The topological polar surface area (TPSA) is 68.7 Å². The molecule has 7 aromatic carbocycles. The summed E-state index contributed by atoms with van der Waals surface area (Å²) >= 11 is 0. The van der Waals surface area contributed by atoms with Crippen LogP contribution in [0.3, 0.4) is 0 Å². The lowest BCUT2D eigenvalue weighted by Gasteiger charge is -2.18. The largest absolute Gasteiger partial charge is 0.268 e. The molecule has 0 bridgehead atoms. The van der Waals surface area contributed by atoms with Crippen LogP contribution in [-0.4, -0.2) is 18.8 Å². The van der Waals surface area contributed by atoms with E-state index in [0.29, 0.717) is 32.3 Å². The van der Waals surface area contributed by atoms with E-state index >= 15 is 0 Å². The Morgan fingerprint density at radius 2 is 0.696 bits per heavy atom. The maximum absolute atomic E-state index is 15.0. The van der Waals surface area contributed by atoms with Crippen molar-refractivity contribution in [2.24, 2.45) is 0 Å². The summed E-state index contributed by atoms with van der Waals surface area (Å²) in [4.78, 5) is 36.7. The lowest BCUT2D eigenvalue weighted by Crippen LogP contribution is -2.14. The Kier molecular flexibility index (Phi) is 3.97. The van der Waals surface area contributed by atoms with Crippen LogP contribution in [0, 0.1) is 23.3 Å². The highest BCUT2D eigenvalue weighted by atomic mass is 19.1. The summed E-state index contributed by atoms with van der Waals surface area (Å²) in [5.41, 5.74) is -1.59. The Morgan fingerprint density at radius 3 is 1.09 bits per heavy atom. The van der Waals surface area contributed by atoms with Crippen molar-refractivity contribution in [3.63, 3.8) is 0 Å². The van der Waals surface area contributed by atoms with E-state index in [4.69, 9.17) is 0 Å². The first kappa shape index (κ1) is 24.2. The quantitative estimate of drug-likeness (QED) is 0.100. The van der Waals surface area contributed by atoms with Crippen molar-refractivity contribution in [3.05, 3.63) is 117 Å². The molecule has 0 aliphatic heterocycles. The van der Waals surface area contributed by atoms with E-state index in [1.54, 1.807) is 24.3 Å². The Morgan fingerprint density at radius 1 is 0.391 bits per heavy atom. The molecule has 10 heteroatoms. The average molecular weight is 609 g/mol. The number of hydrogen-bond donors (Lipinski definition) is 0. The zero-order valence-electron chi connectivity index (χ0n) is 23.0. The number of halogens is 4. The summed E-state index contributed by atoms with van der Waals surface area (Å²) in [6.07, 6.45) is 0. The molecule has 4 aromatic heterocycles. The molecular formula is C36H12F4N4O2. The standard InChI is InChI=1S/C36H12F4N4O2/c37-21-9-11-23(39)31-29(21)41-33-17-5-1-13-14-2-6-18-28-20(36(46)44-32-24(40)12-10-22(38)30(32)42-34(18)44)8-4-16(26(14)28)15-3-7-19(27(17)25(13)15)35(45)43(31)33/h1-12H. The molecule has 0 aliphatic rings. The average Bonchev–Trinajstić information content (AvgIpc) is 3.68. The Labute approximate surface area is 251 Å². The highest BCUT2D eigenvalue weighted by molar-refractivity contribution is 6.40. The predicted octanol–water partition coefficient (Wildman–Crippen LogP) is 7.80. The van der Waals surface area contributed by atoms with Crippen LogP contribution in [0.4, 0.5) is 17.6 Å². The van der Waals surface area contributed by atoms with Gasteiger partial charge in [-0.2, -0.15) is 0 Å². The van der Waals surface area contributed by atoms with Gasteiger partial charge in [-0.15, -0.1) is 0 Å². The van der Waals surface area contributed by atoms with Gasteiger partial charge in [-0.1, -0.05) is 24.3 Å². The Hall–Kier alpha value is -6.16. The van der Waals surface area contributed by atoms with Gasteiger partial charge in [0.1, 0.15) is 45.0 Å². The summed E-state index contributed by atoms with van der Waals surface area (Å²) in [6.45, 7) is 0. The van der Waals surface area contributed by atoms with Gasteiger partial charge < -0.3 is 0 Å². The van der Waals surface area contributed by atoms with E-state index < -0.39 is 34.4 Å². The number of aromatic nitrogens is 4. The number of rotatable bonds is 0. The minimum atomic E-state index is -0.750. The number of hydrogen-bond acceptors (Lipinski definition) is 4. The van der Waals surface area contributed by atoms with Crippen LogP contribution in [0.25, 0.3) is 98.0 Å². The summed E-state index contributed by atoms with van der Waals surface area (Å²) in [5, 5.41) is 7.75. The van der Waals surface area contributed by atoms with Crippen molar-refractivity contribution in [3.8, 4) is 0 Å². The van der Waals surface area contributed by atoms with E-state index in [1.165, 1.54) is 0 Å². The molecule has 0 fully saturated rings. The second kappa shape index (κ2) is 7.55. The Balaban J connectivity index is 1.38. The van der Waals surface area contributed by atoms with Crippen LogP contribution in [0.15, 0.2) is 82.4 Å². The monoisotopic (exact) mass is 608 g/mol.